The Kier molecular flexibility index (Phi) is 7.00. The Morgan fingerprint density at radius 1 is 0.762 bits per heavy atom. The van der Waals surface area contributed by atoms with Crippen LogP contribution in [0.3, 0.4) is 0 Å². The fourth-order valence-corrected chi connectivity index (χ4v) is 3.03. The van der Waals surface area contributed by atoms with Gasteiger partial charge in [-0.1, -0.05) is 6.42 Å². The Morgan fingerprint density at radius 2 is 1.33 bits per heavy atom. The van der Waals surface area contributed by atoms with Gasteiger partial charge in [-0.2, -0.15) is 0 Å². The van der Waals surface area contributed by atoms with Gasteiger partial charge >= 0.3 is 0 Å². The van der Waals surface area contributed by atoms with Gasteiger partial charge in [-0.15, -0.1) is 0 Å². The standard InChI is InChI=1S/C16H28N2O3/c19-15-7-2-1-3-9-17(15)11-5-13-21-14-6-12-18-10-4-8-16(18)20/h1-14H2. The van der Waals surface area contributed by atoms with E-state index in [9.17, 15) is 9.59 Å². The van der Waals surface area contributed by atoms with E-state index in [1.807, 2.05) is 9.80 Å². The van der Waals surface area contributed by atoms with Crippen LogP contribution in [0.4, 0.5) is 0 Å². The average Bonchev–Trinajstić information content (AvgIpc) is 2.77. The minimum absolute atomic E-state index is 0.287. The molecule has 0 aromatic carbocycles. The predicted molar refractivity (Wildman–Crippen MR) is 80.9 cm³/mol. The summed E-state index contributed by atoms with van der Waals surface area (Å²) in [4.78, 5) is 27.1. The van der Waals surface area contributed by atoms with E-state index in [-0.39, 0.29) is 5.91 Å². The normalized spacial score (nSPS) is 20.2. The summed E-state index contributed by atoms with van der Waals surface area (Å²) in [6.45, 7) is 4.88. The lowest BCUT2D eigenvalue weighted by Crippen LogP contribution is -2.31. The Bertz CT molecular complexity index is 346. The van der Waals surface area contributed by atoms with E-state index in [1.54, 1.807) is 0 Å². The first-order valence-electron chi connectivity index (χ1n) is 8.40. The molecule has 2 fully saturated rings. The van der Waals surface area contributed by atoms with Crippen molar-refractivity contribution in [2.24, 2.45) is 0 Å². The summed E-state index contributed by atoms with van der Waals surface area (Å²) in [6, 6.07) is 0. The molecule has 2 heterocycles. The lowest BCUT2D eigenvalue weighted by atomic mass is 10.2. The maximum absolute atomic E-state index is 11.8. The molecule has 0 aromatic heterocycles. The van der Waals surface area contributed by atoms with Crippen LogP contribution in [0.25, 0.3) is 0 Å². The van der Waals surface area contributed by atoms with Crippen LogP contribution in [0.15, 0.2) is 0 Å². The van der Waals surface area contributed by atoms with Crippen LogP contribution in [-0.4, -0.2) is 61.0 Å². The molecule has 0 saturated carbocycles. The number of hydrogen-bond donors (Lipinski definition) is 0. The van der Waals surface area contributed by atoms with Gasteiger partial charge in [-0.05, 0) is 32.1 Å². The highest BCUT2D eigenvalue weighted by Crippen LogP contribution is 2.11. The number of likely N-dealkylation sites (tertiary alicyclic amines) is 2. The number of hydrogen-bond acceptors (Lipinski definition) is 3. The first kappa shape index (κ1) is 16.3. The summed E-state index contributed by atoms with van der Waals surface area (Å²) in [7, 11) is 0. The van der Waals surface area contributed by atoms with Crippen LogP contribution >= 0.6 is 0 Å². The molecular formula is C16H28N2O3. The molecule has 0 aliphatic carbocycles. The van der Waals surface area contributed by atoms with Crippen LogP contribution in [0.2, 0.25) is 0 Å². The highest BCUT2D eigenvalue weighted by atomic mass is 16.5. The van der Waals surface area contributed by atoms with E-state index >= 15 is 0 Å². The molecule has 2 amide bonds. The van der Waals surface area contributed by atoms with Crippen molar-refractivity contribution in [1.82, 2.24) is 9.80 Å². The molecule has 5 heteroatoms. The molecule has 0 aromatic rings. The van der Waals surface area contributed by atoms with Gasteiger partial charge in [-0.25, -0.2) is 0 Å². The molecule has 0 radical (unpaired) electrons. The molecule has 120 valence electrons. The molecule has 0 unspecified atom stereocenters. The molecule has 2 rings (SSSR count). The van der Waals surface area contributed by atoms with Gasteiger partial charge in [0, 0.05) is 52.2 Å². The predicted octanol–water partition coefficient (Wildman–Crippen LogP) is 1.81. The van der Waals surface area contributed by atoms with Gasteiger partial charge in [0.1, 0.15) is 0 Å². The van der Waals surface area contributed by atoms with Crippen LogP contribution < -0.4 is 0 Å². The van der Waals surface area contributed by atoms with Gasteiger partial charge in [0.05, 0.1) is 0 Å². The molecule has 2 saturated heterocycles. The fourth-order valence-electron chi connectivity index (χ4n) is 3.03. The summed E-state index contributed by atoms with van der Waals surface area (Å²) in [5.74, 6) is 0.592. The second-order valence-corrected chi connectivity index (χ2v) is 6.00. The maximum atomic E-state index is 11.8. The van der Waals surface area contributed by atoms with Crippen molar-refractivity contribution in [1.29, 1.82) is 0 Å². The summed E-state index contributed by atoms with van der Waals surface area (Å²) < 4.78 is 5.61. The van der Waals surface area contributed by atoms with Crippen molar-refractivity contribution in [3.8, 4) is 0 Å². The van der Waals surface area contributed by atoms with Gasteiger partial charge < -0.3 is 14.5 Å². The van der Waals surface area contributed by atoms with Crippen molar-refractivity contribution in [2.75, 3.05) is 39.4 Å². The number of carbonyl (C=O) groups excluding carboxylic acids is 2. The topological polar surface area (TPSA) is 49.9 Å². The van der Waals surface area contributed by atoms with Gasteiger partial charge in [-0.3, -0.25) is 9.59 Å². The largest absolute Gasteiger partial charge is 0.381 e. The zero-order valence-corrected chi connectivity index (χ0v) is 13.0. The van der Waals surface area contributed by atoms with Crippen molar-refractivity contribution >= 4 is 11.8 Å². The van der Waals surface area contributed by atoms with E-state index in [0.717, 1.165) is 58.3 Å². The Hall–Kier alpha value is -1.10. The second kappa shape index (κ2) is 9.03. The molecular weight excluding hydrogens is 268 g/mol. The van der Waals surface area contributed by atoms with Gasteiger partial charge in [0.15, 0.2) is 0 Å². The van der Waals surface area contributed by atoms with Crippen LogP contribution in [0.1, 0.15) is 51.4 Å². The first-order chi connectivity index (χ1) is 10.3. The van der Waals surface area contributed by atoms with Crippen LogP contribution in [-0.2, 0) is 14.3 Å². The summed E-state index contributed by atoms with van der Waals surface area (Å²) in [5.41, 5.74) is 0. The van der Waals surface area contributed by atoms with Gasteiger partial charge in [0.25, 0.3) is 0 Å². The highest BCUT2D eigenvalue weighted by Gasteiger charge is 2.19. The van der Waals surface area contributed by atoms with E-state index in [1.165, 1.54) is 6.42 Å². The van der Waals surface area contributed by atoms with Crippen molar-refractivity contribution in [3.05, 3.63) is 0 Å². The quantitative estimate of drug-likeness (QED) is 0.642. The van der Waals surface area contributed by atoms with Crippen molar-refractivity contribution in [3.63, 3.8) is 0 Å². The van der Waals surface area contributed by atoms with Crippen LogP contribution in [0.5, 0.6) is 0 Å². The number of ether oxygens (including phenoxy) is 1. The molecule has 0 N–H and O–H groups in total. The first-order valence-corrected chi connectivity index (χ1v) is 8.40. The minimum Gasteiger partial charge on any atom is -0.381 e. The third-order valence-electron chi connectivity index (χ3n) is 4.28. The Labute approximate surface area is 127 Å². The average molecular weight is 296 g/mol. The smallest absolute Gasteiger partial charge is 0.222 e. The maximum Gasteiger partial charge on any atom is 0.222 e. The summed E-state index contributed by atoms with van der Waals surface area (Å²) in [6.07, 6.45) is 7.60. The monoisotopic (exact) mass is 296 g/mol. The van der Waals surface area contributed by atoms with E-state index in [4.69, 9.17) is 4.74 Å². The number of carbonyl (C=O) groups is 2. The summed E-state index contributed by atoms with van der Waals surface area (Å²) >= 11 is 0. The SMILES string of the molecule is O=C1CCCCCN1CCCOCCCN1CCCC1=O. The minimum atomic E-state index is 0.287. The van der Waals surface area contributed by atoms with E-state index in [2.05, 4.69) is 0 Å². The van der Waals surface area contributed by atoms with Crippen LogP contribution in [0, 0.1) is 0 Å². The molecule has 2 aliphatic heterocycles. The highest BCUT2D eigenvalue weighted by molar-refractivity contribution is 5.78. The molecule has 0 spiro atoms. The third-order valence-corrected chi connectivity index (χ3v) is 4.28. The number of amides is 2. The van der Waals surface area contributed by atoms with Crippen molar-refractivity contribution in [2.45, 2.75) is 51.4 Å². The van der Waals surface area contributed by atoms with Crippen molar-refractivity contribution < 1.29 is 14.3 Å². The lowest BCUT2D eigenvalue weighted by molar-refractivity contribution is -0.131. The molecule has 2 aliphatic rings. The van der Waals surface area contributed by atoms with E-state index in [0.29, 0.717) is 32.0 Å². The third kappa shape index (κ3) is 5.65. The zero-order valence-electron chi connectivity index (χ0n) is 13.0. The molecule has 0 bridgehead atoms. The second-order valence-electron chi connectivity index (χ2n) is 6.00. The summed E-state index contributed by atoms with van der Waals surface area (Å²) in [5, 5.41) is 0. The Balaban J connectivity index is 1.46. The lowest BCUT2D eigenvalue weighted by Gasteiger charge is -2.20. The molecule has 21 heavy (non-hydrogen) atoms. The number of nitrogens with zero attached hydrogens (tertiary/aromatic N) is 2. The Morgan fingerprint density at radius 3 is 1.90 bits per heavy atom. The van der Waals surface area contributed by atoms with Gasteiger partial charge in [0.2, 0.25) is 11.8 Å². The fraction of sp³-hybridized carbons (Fsp3) is 0.875. The van der Waals surface area contributed by atoms with E-state index < -0.39 is 0 Å². The zero-order chi connectivity index (χ0) is 14.9. The number of rotatable bonds is 8. The molecule has 5 nitrogen and oxygen atoms in total. The molecule has 0 atom stereocenters.